The number of imidazole rings is 2. The smallest absolute Gasteiger partial charge is 1.00 e. The first kappa shape index (κ1) is 81.9. The maximum absolute atomic E-state index is 12.1. The summed E-state index contributed by atoms with van der Waals surface area (Å²) < 4.78 is 39.4. The summed E-state index contributed by atoms with van der Waals surface area (Å²) in [7, 11) is 0. The van der Waals surface area contributed by atoms with Crippen LogP contribution in [-0.4, -0.2) is 80.7 Å². The summed E-state index contributed by atoms with van der Waals surface area (Å²) in [6.45, 7) is 3.91. The first-order valence-electron chi connectivity index (χ1n) is 23.2. The van der Waals surface area contributed by atoms with Crippen LogP contribution >= 0.6 is 22.6 Å². The molecule has 22 nitrogen and oxygen atoms in total. The van der Waals surface area contributed by atoms with Crippen LogP contribution in [0.4, 0.5) is 21.8 Å². The Kier molecular flexibility index (Phi) is 44.5. The molecule has 0 aromatic carbocycles. The second kappa shape index (κ2) is 44.0. The molecule has 0 aliphatic heterocycles. The number of rotatable bonds is 12. The van der Waals surface area contributed by atoms with Crippen molar-refractivity contribution < 1.29 is 113 Å². The molecule has 5 saturated carbocycles. The van der Waals surface area contributed by atoms with Gasteiger partial charge in [0, 0.05) is 30.9 Å². The molecule has 0 unspecified atom stereocenters. The molecule has 26 heteroatoms. The summed E-state index contributed by atoms with van der Waals surface area (Å²) in [4.78, 5) is 58.6. The Hall–Kier alpha value is -5.61. The number of hydrogen-bond acceptors (Lipinski definition) is 18. The monoisotopic (exact) mass is 1260 g/mol. The van der Waals surface area contributed by atoms with Crippen molar-refractivity contribution in [2.75, 3.05) is 5.73 Å². The van der Waals surface area contributed by atoms with Crippen molar-refractivity contribution in [1.82, 2.24) is 33.7 Å². The number of fused-ring (bicyclic) bond motifs is 2. The zero-order valence-electron chi connectivity index (χ0n) is 43.0. The molecular formula is C55H80FIN10Na2O12. The van der Waals surface area contributed by atoms with E-state index in [1.807, 2.05) is 70.8 Å². The third kappa shape index (κ3) is 34.4. The third-order valence-electron chi connectivity index (χ3n) is 9.74. The number of hydrogen-bond donors (Lipinski definition) is 1. The summed E-state index contributed by atoms with van der Waals surface area (Å²) in [6, 6.07) is 16.4. The van der Waals surface area contributed by atoms with Gasteiger partial charge < -0.3 is 65.7 Å². The minimum absolute atomic E-state index is 0. The van der Waals surface area contributed by atoms with E-state index in [0.29, 0.717) is 42.4 Å². The number of ether oxygens (including phenoxy) is 4. The minimum Gasteiger partial charge on any atom is -1.00 e. The number of anilines is 1. The van der Waals surface area contributed by atoms with Crippen LogP contribution in [0.15, 0.2) is 110 Å². The average Bonchev–Trinajstić information content (AvgIpc) is 4.11. The standard InChI is InChI=1S/C10H9IN2O.C10H10N2O.C8H8N2O3.C8H10N2O.C5H3FN2O2.C4H8.C3H6O.CH2O3.6CH4.2Na.H/c11-9-5-12-10-4-3-8(6-13(9)10)14-7-1-2-7;1-2-8(1)13-9-3-4-10-11-5-6-12(10)7-9;11-10(12)8-4-3-7(5-9-8)13-6-1-2-6;9-8-4-3-7(5-10-8)11-6-1-2-6;6-4-1-2-5(7-3-4)8(9)10;1-4-2-3-4;1-2-3-4;2-1-4-3;;;;;;;;;/h3-7H,1-2H2;3-8H,1-2H2;3-6H,1-2H2;3-6H,1-2H2,(H2,9,10);1-3H;4H,2-3H2,1H3;3H,2H2,1H3;1,3H;6*1H4;;;/q;;;;;;;;;;;;;;2*+1;-1/p-1. The second-order valence-corrected chi connectivity index (χ2v) is 17.7. The van der Waals surface area contributed by atoms with Gasteiger partial charge in [-0.15, -0.1) is 0 Å². The number of aldehydes is 1. The van der Waals surface area contributed by atoms with Crippen molar-refractivity contribution in [3.05, 3.63) is 140 Å². The number of halogens is 2. The van der Waals surface area contributed by atoms with Crippen molar-refractivity contribution in [2.45, 2.75) is 153 Å². The molecule has 438 valence electrons. The van der Waals surface area contributed by atoms with Crippen LogP contribution in [-0.2, 0) is 14.5 Å². The van der Waals surface area contributed by atoms with Crippen LogP contribution in [0.3, 0.4) is 0 Å². The predicted molar refractivity (Wildman–Crippen MR) is 311 cm³/mol. The fourth-order valence-corrected chi connectivity index (χ4v) is 5.66. The topological polar surface area (TPSA) is 289 Å². The van der Waals surface area contributed by atoms with E-state index in [4.69, 9.17) is 34.7 Å². The average molecular weight is 1270 g/mol. The van der Waals surface area contributed by atoms with Crippen LogP contribution in [0, 0.1) is 35.7 Å². The van der Waals surface area contributed by atoms with Gasteiger partial charge in [0.1, 0.15) is 44.3 Å². The van der Waals surface area contributed by atoms with Gasteiger partial charge in [0.25, 0.3) is 6.47 Å². The second-order valence-electron chi connectivity index (χ2n) is 16.6. The largest absolute Gasteiger partial charge is 1.00 e. The Morgan fingerprint density at radius 3 is 1.41 bits per heavy atom. The van der Waals surface area contributed by atoms with Gasteiger partial charge in [0.15, 0.2) is 24.0 Å². The number of nitro groups is 2. The summed E-state index contributed by atoms with van der Waals surface area (Å²) in [5, 5.41) is 28.6. The molecule has 81 heavy (non-hydrogen) atoms. The van der Waals surface area contributed by atoms with Crippen LogP contribution in [0.1, 0.15) is 130 Å². The maximum Gasteiger partial charge on any atom is 1.00 e. The molecule has 5 fully saturated rings. The van der Waals surface area contributed by atoms with Gasteiger partial charge in [-0.2, -0.15) is 0 Å². The molecule has 5 aliphatic rings. The summed E-state index contributed by atoms with van der Waals surface area (Å²) in [5.41, 5.74) is 7.34. The summed E-state index contributed by atoms with van der Waals surface area (Å²) in [5.74, 6) is 3.85. The van der Waals surface area contributed by atoms with E-state index >= 15 is 0 Å². The van der Waals surface area contributed by atoms with Crippen molar-refractivity contribution in [1.29, 1.82) is 0 Å². The molecule has 0 bridgehead atoms. The van der Waals surface area contributed by atoms with Crippen molar-refractivity contribution >= 4 is 64.1 Å². The van der Waals surface area contributed by atoms with Crippen LogP contribution in [0.5, 0.6) is 23.0 Å². The Morgan fingerprint density at radius 2 is 1.04 bits per heavy atom. The normalized spacial score (nSPS) is 13.1. The molecule has 5 aliphatic carbocycles. The van der Waals surface area contributed by atoms with E-state index in [0.717, 1.165) is 75.6 Å². The zero-order chi connectivity index (χ0) is 52.5. The fraction of sp³-hybridized carbons (Fsp3) is 0.436. The third-order valence-corrected chi connectivity index (χ3v) is 10.5. The number of carbonyl (C=O) groups is 2. The number of nitrogens with zero attached hydrogens (tertiary/aromatic N) is 9. The number of aromatic nitrogens is 7. The van der Waals surface area contributed by atoms with Crippen LogP contribution in [0.2, 0.25) is 0 Å². The van der Waals surface area contributed by atoms with Gasteiger partial charge >= 0.3 is 70.8 Å². The molecule has 7 aromatic rings. The molecule has 0 radical (unpaired) electrons. The van der Waals surface area contributed by atoms with Gasteiger partial charge in [-0.3, -0.25) is 9.20 Å². The van der Waals surface area contributed by atoms with Crippen molar-refractivity contribution in [3.8, 4) is 23.0 Å². The quantitative estimate of drug-likeness (QED) is 0.0336. The molecule has 12 rings (SSSR count). The van der Waals surface area contributed by atoms with E-state index < -0.39 is 15.7 Å². The van der Waals surface area contributed by atoms with E-state index in [-0.39, 0.29) is 123 Å². The van der Waals surface area contributed by atoms with Crippen LogP contribution in [0.25, 0.3) is 11.3 Å². The summed E-state index contributed by atoms with van der Waals surface area (Å²) in [6.07, 6.45) is 28.8. The van der Waals surface area contributed by atoms with Crippen molar-refractivity contribution in [3.63, 3.8) is 0 Å². The van der Waals surface area contributed by atoms with E-state index in [1.165, 1.54) is 63.6 Å². The Bertz CT molecular complexity index is 2780. The van der Waals surface area contributed by atoms with E-state index in [1.54, 1.807) is 24.5 Å². The molecule has 0 spiro atoms. The molecule has 0 atom stereocenters. The first-order chi connectivity index (χ1) is 35.3. The zero-order valence-corrected chi connectivity index (χ0v) is 48.1. The van der Waals surface area contributed by atoms with Gasteiger partial charge in [-0.1, -0.05) is 71.2 Å². The maximum atomic E-state index is 12.1. The number of carbonyl (C=O) groups excluding carboxylic acids is 2. The Labute approximate surface area is 535 Å². The molecule has 2 N–H and O–H groups in total. The first-order valence-corrected chi connectivity index (χ1v) is 24.3. The van der Waals surface area contributed by atoms with Crippen molar-refractivity contribution in [2.24, 2.45) is 5.92 Å². The Balaban J connectivity index is -0.000000280. The molecule has 7 heterocycles. The van der Waals surface area contributed by atoms with Gasteiger partial charge in [0.2, 0.25) is 0 Å². The van der Waals surface area contributed by atoms with E-state index in [2.05, 4.69) is 59.3 Å². The summed E-state index contributed by atoms with van der Waals surface area (Å²) >= 11 is 2.26. The molecular weight excluding hydrogens is 1180 g/mol. The molecule has 0 saturated heterocycles. The molecule has 7 aromatic heterocycles. The van der Waals surface area contributed by atoms with Gasteiger partial charge in [0.05, 0.1) is 49.2 Å². The fourth-order valence-electron chi connectivity index (χ4n) is 5.14. The minimum atomic E-state index is -0.681. The van der Waals surface area contributed by atoms with Crippen LogP contribution < -0.4 is 89.1 Å². The Morgan fingerprint density at radius 1 is 0.630 bits per heavy atom. The number of nitrogen functional groups attached to an aromatic ring is 1. The number of nitrogens with two attached hydrogens (primary N) is 1. The SMILES string of the molecule is C.C.C.C.C.C.CC1CC1.CCC=O.Ic1cnc2ccc(OC3CC3)cn12.Nc1ccc(OC2CC2)cn1.O=CO[O-].O=[N+]([O-])c1ccc(F)cn1.O=[N+]([O-])c1ccc(OC2CC2)cn1.[H-].[Na+].[Na+].c1cn2cc(OC3CC3)ccc2n1. The molecule has 0 amide bonds. The predicted octanol–water partition coefficient (Wildman–Crippen LogP) is 6.60. The van der Waals surface area contributed by atoms with Gasteiger partial charge in [-0.05, 0) is 148 Å². The van der Waals surface area contributed by atoms with E-state index in [9.17, 15) is 29.4 Å². The van der Waals surface area contributed by atoms with Gasteiger partial charge in [-0.25, -0.2) is 19.3 Å². The number of pyridine rings is 5.